The molecule has 2 N–H and O–H groups in total. The third-order valence-corrected chi connectivity index (χ3v) is 4.47. The summed E-state index contributed by atoms with van der Waals surface area (Å²) in [5.74, 6) is 0.762. The lowest BCUT2D eigenvalue weighted by Crippen LogP contribution is -2.52. The molecular formula is C15H30N2O2. The zero-order valence-corrected chi connectivity index (χ0v) is 12.5. The van der Waals surface area contributed by atoms with Crippen molar-refractivity contribution in [1.29, 1.82) is 0 Å². The highest BCUT2D eigenvalue weighted by atomic mass is 16.5. The highest BCUT2D eigenvalue weighted by Gasteiger charge is 2.30. The third-order valence-electron chi connectivity index (χ3n) is 4.47. The summed E-state index contributed by atoms with van der Waals surface area (Å²) >= 11 is 0. The molecule has 0 bridgehead atoms. The molecule has 2 rings (SSSR count). The van der Waals surface area contributed by atoms with Crippen LogP contribution >= 0.6 is 0 Å². The number of rotatable bonds is 5. The lowest BCUT2D eigenvalue weighted by atomic mass is 9.84. The van der Waals surface area contributed by atoms with Gasteiger partial charge in [-0.2, -0.15) is 0 Å². The van der Waals surface area contributed by atoms with Gasteiger partial charge >= 0.3 is 0 Å². The quantitative estimate of drug-likeness (QED) is 0.789. The van der Waals surface area contributed by atoms with Gasteiger partial charge < -0.3 is 15.2 Å². The van der Waals surface area contributed by atoms with Crippen LogP contribution in [0.3, 0.4) is 0 Å². The van der Waals surface area contributed by atoms with Crippen LogP contribution in [0.15, 0.2) is 0 Å². The Labute approximate surface area is 117 Å². The average molecular weight is 270 g/mol. The van der Waals surface area contributed by atoms with E-state index in [-0.39, 0.29) is 18.8 Å². The molecule has 112 valence electrons. The fourth-order valence-electron chi connectivity index (χ4n) is 3.68. The summed E-state index contributed by atoms with van der Waals surface area (Å²) in [6.07, 6.45) is 5.65. The first-order chi connectivity index (χ1) is 9.22. The van der Waals surface area contributed by atoms with Gasteiger partial charge in [-0.1, -0.05) is 19.8 Å². The standard InChI is InChI=1S/C15H30N2O2/c1-3-16-15-7-5-4-6-13(15)9-17-8-12(2)19-14(10-17)11-18/h12-16,18H,3-11H2,1-2H3. The van der Waals surface area contributed by atoms with E-state index in [9.17, 15) is 5.11 Å². The van der Waals surface area contributed by atoms with Gasteiger partial charge in [0.15, 0.2) is 0 Å². The Morgan fingerprint density at radius 1 is 1.26 bits per heavy atom. The van der Waals surface area contributed by atoms with Crippen LogP contribution < -0.4 is 5.32 Å². The molecular weight excluding hydrogens is 240 g/mol. The number of aliphatic hydroxyl groups is 1. The van der Waals surface area contributed by atoms with E-state index in [1.807, 2.05) is 0 Å². The molecule has 1 heterocycles. The van der Waals surface area contributed by atoms with Gasteiger partial charge in [0, 0.05) is 25.7 Å². The molecule has 2 aliphatic rings. The van der Waals surface area contributed by atoms with Gasteiger partial charge in [0.1, 0.15) is 0 Å². The minimum Gasteiger partial charge on any atom is -0.394 e. The number of hydrogen-bond donors (Lipinski definition) is 2. The molecule has 0 spiro atoms. The topological polar surface area (TPSA) is 44.7 Å². The van der Waals surface area contributed by atoms with Gasteiger partial charge in [0.2, 0.25) is 0 Å². The van der Waals surface area contributed by atoms with E-state index < -0.39 is 0 Å². The maximum Gasteiger partial charge on any atom is 0.0936 e. The van der Waals surface area contributed by atoms with E-state index in [0.29, 0.717) is 6.04 Å². The summed E-state index contributed by atoms with van der Waals surface area (Å²) in [5.41, 5.74) is 0. The summed E-state index contributed by atoms with van der Waals surface area (Å²) in [7, 11) is 0. The van der Waals surface area contributed by atoms with Gasteiger partial charge in [-0.15, -0.1) is 0 Å². The van der Waals surface area contributed by atoms with Gasteiger partial charge in [-0.05, 0) is 32.2 Å². The summed E-state index contributed by atoms with van der Waals surface area (Å²) in [6, 6.07) is 0.685. The molecule has 4 atom stereocenters. The van der Waals surface area contributed by atoms with Crippen LogP contribution in [0.1, 0.15) is 39.5 Å². The fourth-order valence-corrected chi connectivity index (χ4v) is 3.68. The number of nitrogens with zero attached hydrogens (tertiary/aromatic N) is 1. The minimum atomic E-state index is 0.00456. The Hall–Kier alpha value is -0.160. The average Bonchev–Trinajstić information content (AvgIpc) is 2.40. The molecule has 1 aliphatic carbocycles. The zero-order chi connectivity index (χ0) is 13.7. The molecule has 0 aromatic carbocycles. The minimum absolute atomic E-state index is 0.00456. The maximum absolute atomic E-state index is 9.30. The van der Waals surface area contributed by atoms with Crippen molar-refractivity contribution in [1.82, 2.24) is 10.2 Å². The van der Waals surface area contributed by atoms with Crippen molar-refractivity contribution in [2.24, 2.45) is 5.92 Å². The smallest absolute Gasteiger partial charge is 0.0936 e. The Balaban J connectivity index is 1.87. The second kappa shape index (κ2) is 7.58. The SMILES string of the molecule is CCNC1CCCCC1CN1CC(C)OC(CO)C1. The predicted molar refractivity (Wildman–Crippen MR) is 77.3 cm³/mol. The van der Waals surface area contributed by atoms with Crippen LogP contribution in [0.4, 0.5) is 0 Å². The molecule has 4 nitrogen and oxygen atoms in total. The second-order valence-electron chi connectivity index (χ2n) is 6.18. The normalized spacial score (nSPS) is 37.4. The number of ether oxygens (including phenoxy) is 1. The van der Waals surface area contributed by atoms with Crippen LogP contribution in [-0.4, -0.2) is 61.0 Å². The van der Waals surface area contributed by atoms with Crippen LogP contribution in [0.25, 0.3) is 0 Å². The van der Waals surface area contributed by atoms with Gasteiger partial charge in [-0.3, -0.25) is 4.90 Å². The summed E-state index contributed by atoms with van der Waals surface area (Å²) in [5, 5.41) is 13.0. The van der Waals surface area contributed by atoms with Crippen molar-refractivity contribution < 1.29 is 9.84 Å². The van der Waals surface area contributed by atoms with Crippen molar-refractivity contribution >= 4 is 0 Å². The van der Waals surface area contributed by atoms with Crippen molar-refractivity contribution in [2.45, 2.75) is 57.8 Å². The molecule has 1 aliphatic heterocycles. The Bertz CT molecular complexity index is 261. The zero-order valence-electron chi connectivity index (χ0n) is 12.5. The summed E-state index contributed by atoms with van der Waals surface area (Å²) in [4.78, 5) is 2.50. The summed E-state index contributed by atoms with van der Waals surface area (Å²) < 4.78 is 5.72. The fraction of sp³-hybridized carbons (Fsp3) is 1.00. The number of aliphatic hydroxyl groups excluding tert-OH is 1. The molecule has 0 aromatic heterocycles. The Morgan fingerprint density at radius 3 is 2.79 bits per heavy atom. The molecule has 1 saturated carbocycles. The lowest BCUT2D eigenvalue weighted by Gasteiger charge is -2.41. The molecule has 4 unspecified atom stereocenters. The first kappa shape index (κ1) is 15.2. The lowest BCUT2D eigenvalue weighted by molar-refractivity contribution is -0.0993. The molecule has 4 heteroatoms. The molecule has 2 fully saturated rings. The Kier molecular flexibility index (Phi) is 6.07. The first-order valence-electron chi connectivity index (χ1n) is 7.95. The molecule has 0 aromatic rings. The molecule has 19 heavy (non-hydrogen) atoms. The van der Waals surface area contributed by atoms with Crippen LogP contribution in [-0.2, 0) is 4.74 Å². The van der Waals surface area contributed by atoms with Crippen LogP contribution in [0.5, 0.6) is 0 Å². The number of morpholine rings is 1. The van der Waals surface area contributed by atoms with E-state index in [4.69, 9.17) is 4.74 Å². The van der Waals surface area contributed by atoms with Crippen LogP contribution in [0, 0.1) is 5.92 Å². The Morgan fingerprint density at radius 2 is 2.05 bits per heavy atom. The third kappa shape index (κ3) is 4.42. The highest BCUT2D eigenvalue weighted by molar-refractivity contribution is 4.85. The van der Waals surface area contributed by atoms with E-state index >= 15 is 0 Å². The van der Waals surface area contributed by atoms with Crippen molar-refractivity contribution in [3.8, 4) is 0 Å². The van der Waals surface area contributed by atoms with Crippen molar-refractivity contribution in [3.05, 3.63) is 0 Å². The molecule has 1 saturated heterocycles. The first-order valence-corrected chi connectivity index (χ1v) is 7.95. The second-order valence-corrected chi connectivity index (χ2v) is 6.18. The predicted octanol–water partition coefficient (Wildman–Crippen LogP) is 1.24. The monoisotopic (exact) mass is 270 g/mol. The molecule has 0 amide bonds. The highest BCUT2D eigenvalue weighted by Crippen LogP contribution is 2.26. The number of nitrogens with one attached hydrogen (secondary N) is 1. The van der Waals surface area contributed by atoms with Crippen LogP contribution in [0.2, 0.25) is 0 Å². The van der Waals surface area contributed by atoms with Gasteiger partial charge in [-0.25, -0.2) is 0 Å². The van der Waals surface area contributed by atoms with E-state index in [2.05, 4.69) is 24.1 Å². The number of hydrogen-bond acceptors (Lipinski definition) is 4. The maximum atomic E-state index is 9.30. The largest absolute Gasteiger partial charge is 0.394 e. The van der Waals surface area contributed by atoms with Gasteiger partial charge in [0.25, 0.3) is 0 Å². The molecule has 0 radical (unpaired) electrons. The summed E-state index contributed by atoms with van der Waals surface area (Å²) in [6.45, 7) is 8.56. The van der Waals surface area contributed by atoms with E-state index in [1.165, 1.54) is 25.7 Å². The van der Waals surface area contributed by atoms with Crippen molar-refractivity contribution in [3.63, 3.8) is 0 Å². The van der Waals surface area contributed by atoms with E-state index in [1.54, 1.807) is 0 Å². The van der Waals surface area contributed by atoms with E-state index in [0.717, 1.165) is 32.1 Å². The van der Waals surface area contributed by atoms with Gasteiger partial charge in [0.05, 0.1) is 18.8 Å². The van der Waals surface area contributed by atoms with Crippen molar-refractivity contribution in [2.75, 3.05) is 32.8 Å².